The molecule has 2 aromatic heterocycles. The van der Waals surface area contributed by atoms with Gasteiger partial charge in [-0.15, -0.1) is 0 Å². The summed E-state index contributed by atoms with van der Waals surface area (Å²) >= 11 is 5.31. The van der Waals surface area contributed by atoms with Crippen LogP contribution < -0.4 is 20.3 Å². The molecular weight excluding hydrogens is 338 g/mol. The predicted molar refractivity (Wildman–Crippen MR) is 101 cm³/mol. The van der Waals surface area contributed by atoms with Crippen molar-refractivity contribution < 1.29 is 9.15 Å². The van der Waals surface area contributed by atoms with Crippen LogP contribution in [0.2, 0.25) is 0 Å². The molecule has 25 heavy (non-hydrogen) atoms. The molecule has 7 nitrogen and oxygen atoms in total. The molecule has 1 aliphatic rings. The highest BCUT2D eigenvalue weighted by Crippen LogP contribution is 2.26. The lowest BCUT2D eigenvalue weighted by atomic mass is 10.0. The first-order valence-electron chi connectivity index (χ1n) is 8.42. The second-order valence-electron chi connectivity index (χ2n) is 6.02. The summed E-state index contributed by atoms with van der Waals surface area (Å²) in [5.41, 5.74) is 0. The van der Waals surface area contributed by atoms with E-state index in [0.717, 1.165) is 24.5 Å². The Kier molecular flexibility index (Phi) is 5.70. The van der Waals surface area contributed by atoms with E-state index in [0.29, 0.717) is 29.5 Å². The fraction of sp³-hybridized carbons (Fsp3) is 0.471. The number of nitrogens with zero attached hydrogens (tertiary/aromatic N) is 3. The summed E-state index contributed by atoms with van der Waals surface area (Å²) in [5.74, 6) is 2.59. The zero-order chi connectivity index (χ0) is 17.6. The smallest absolute Gasteiger partial charge is 0.234 e. The van der Waals surface area contributed by atoms with E-state index in [9.17, 15) is 0 Å². The van der Waals surface area contributed by atoms with E-state index in [1.807, 2.05) is 18.2 Å². The molecule has 1 aliphatic heterocycles. The van der Waals surface area contributed by atoms with Gasteiger partial charge in [-0.05, 0) is 50.5 Å². The molecule has 1 saturated heterocycles. The minimum absolute atomic E-state index is 0.420. The fourth-order valence-corrected chi connectivity index (χ4v) is 3.05. The number of aromatic nitrogens is 2. The Labute approximate surface area is 152 Å². The summed E-state index contributed by atoms with van der Waals surface area (Å²) in [7, 11) is 1.60. The normalized spacial score (nSPS) is 17.2. The van der Waals surface area contributed by atoms with Gasteiger partial charge in [0, 0.05) is 18.7 Å². The Hall–Kier alpha value is -2.35. The molecule has 0 radical (unpaired) electrons. The van der Waals surface area contributed by atoms with Crippen LogP contribution in [0.4, 0.5) is 11.8 Å². The molecule has 8 heteroatoms. The van der Waals surface area contributed by atoms with E-state index < -0.39 is 0 Å². The fourth-order valence-electron chi connectivity index (χ4n) is 2.89. The molecule has 2 aromatic rings. The van der Waals surface area contributed by atoms with Gasteiger partial charge in [0.2, 0.25) is 11.8 Å². The molecule has 2 N–H and O–H groups in total. The van der Waals surface area contributed by atoms with Gasteiger partial charge in [-0.1, -0.05) is 0 Å². The minimum atomic E-state index is 0.420. The van der Waals surface area contributed by atoms with Gasteiger partial charge in [0.1, 0.15) is 11.6 Å². The van der Waals surface area contributed by atoms with Crippen molar-refractivity contribution in [3.63, 3.8) is 0 Å². The van der Waals surface area contributed by atoms with Crippen molar-refractivity contribution in [2.45, 2.75) is 38.8 Å². The third-order valence-electron chi connectivity index (χ3n) is 4.22. The van der Waals surface area contributed by atoms with Crippen LogP contribution in [-0.2, 0) is 6.54 Å². The topological polar surface area (TPSA) is 75.5 Å². The Morgan fingerprint density at radius 1 is 1.44 bits per heavy atom. The van der Waals surface area contributed by atoms with Crippen molar-refractivity contribution in [2.24, 2.45) is 0 Å². The van der Waals surface area contributed by atoms with E-state index in [4.69, 9.17) is 21.4 Å². The third kappa shape index (κ3) is 4.60. The van der Waals surface area contributed by atoms with E-state index in [1.54, 1.807) is 13.4 Å². The van der Waals surface area contributed by atoms with Crippen LogP contribution in [0.25, 0.3) is 0 Å². The van der Waals surface area contributed by atoms with Crippen LogP contribution in [0.5, 0.6) is 5.88 Å². The van der Waals surface area contributed by atoms with Crippen molar-refractivity contribution in [3.05, 3.63) is 30.2 Å². The minimum Gasteiger partial charge on any atom is -0.481 e. The number of furan rings is 1. The van der Waals surface area contributed by atoms with Gasteiger partial charge < -0.3 is 24.7 Å². The Morgan fingerprint density at radius 2 is 2.32 bits per heavy atom. The molecule has 0 unspecified atom stereocenters. The van der Waals surface area contributed by atoms with Crippen LogP contribution in [0.1, 0.15) is 31.9 Å². The number of methoxy groups -OCH3 is 1. The molecule has 1 atom stereocenters. The highest BCUT2D eigenvalue weighted by atomic mass is 32.1. The second kappa shape index (κ2) is 8.15. The quantitative estimate of drug-likeness (QED) is 0.788. The average molecular weight is 361 g/mol. The van der Waals surface area contributed by atoms with Crippen molar-refractivity contribution in [1.29, 1.82) is 0 Å². The van der Waals surface area contributed by atoms with Gasteiger partial charge in [0.05, 0.1) is 19.9 Å². The summed E-state index contributed by atoms with van der Waals surface area (Å²) in [4.78, 5) is 11.2. The molecule has 3 heterocycles. The molecule has 134 valence electrons. The van der Waals surface area contributed by atoms with E-state index in [1.165, 1.54) is 12.8 Å². The highest BCUT2D eigenvalue weighted by Gasteiger charge is 2.21. The summed E-state index contributed by atoms with van der Waals surface area (Å²) < 4.78 is 10.6. The number of hydrogen-bond acceptors (Lipinski definition) is 6. The summed E-state index contributed by atoms with van der Waals surface area (Å²) in [5, 5.41) is 6.53. The Balaban J connectivity index is 1.69. The predicted octanol–water partition coefficient (Wildman–Crippen LogP) is 2.94. The molecule has 0 saturated carbocycles. The van der Waals surface area contributed by atoms with Gasteiger partial charge in [-0.2, -0.15) is 9.97 Å². The third-order valence-corrected chi connectivity index (χ3v) is 4.47. The first-order valence-corrected chi connectivity index (χ1v) is 8.83. The van der Waals surface area contributed by atoms with Crippen molar-refractivity contribution >= 4 is 29.1 Å². The number of ether oxygens (including phenoxy) is 1. The summed E-state index contributed by atoms with van der Waals surface area (Å²) in [6.45, 7) is 3.71. The zero-order valence-corrected chi connectivity index (χ0v) is 15.3. The number of thiocarbonyl (C=S) groups is 1. The van der Waals surface area contributed by atoms with Crippen LogP contribution in [0.3, 0.4) is 0 Å². The van der Waals surface area contributed by atoms with Crippen LogP contribution in [0, 0.1) is 0 Å². The first kappa shape index (κ1) is 17.5. The van der Waals surface area contributed by atoms with Crippen molar-refractivity contribution in [3.8, 4) is 5.88 Å². The monoisotopic (exact) mass is 361 g/mol. The average Bonchev–Trinajstić information content (AvgIpc) is 3.13. The maximum Gasteiger partial charge on any atom is 0.234 e. The lowest BCUT2D eigenvalue weighted by molar-refractivity contribution is 0.396. The highest BCUT2D eigenvalue weighted by molar-refractivity contribution is 7.80. The largest absolute Gasteiger partial charge is 0.481 e. The zero-order valence-electron chi connectivity index (χ0n) is 14.5. The molecular formula is C17H23N5O2S. The maximum absolute atomic E-state index is 5.33. The maximum atomic E-state index is 5.33. The van der Waals surface area contributed by atoms with Crippen molar-refractivity contribution in [1.82, 2.24) is 15.3 Å². The van der Waals surface area contributed by atoms with Gasteiger partial charge in [0.25, 0.3) is 0 Å². The molecule has 0 aliphatic carbocycles. The lowest BCUT2D eigenvalue weighted by Gasteiger charge is -2.34. The number of hydrogen-bond donors (Lipinski definition) is 2. The molecule has 0 aromatic carbocycles. The number of rotatable bonds is 5. The molecule has 0 bridgehead atoms. The van der Waals surface area contributed by atoms with Gasteiger partial charge >= 0.3 is 0 Å². The van der Waals surface area contributed by atoms with Crippen molar-refractivity contribution in [2.75, 3.05) is 23.9 Å². The first-order chi connectivity index (χ1) is 12.2. The number of nitrogens with one attached hydrogen (secondary N) is 2. The molecule has 0 amide bonds. The van der Waals surface area contributed by atoms with Crippen LogP contribution in [-0.4, -0.2) is 34.8 Å². The number of anilines is 2. The van der Waals surface area contributed by atoms with Gasteiger partial charge in [0.15, 0.2) is 5.11 Å². The Morgan fingerprint density at radius 3 is 3.04 bits per heavy atom. The van der Waals surface area contributed by atoms with E-state index >= 15 is 0 Å². The van der Waals surface area contributed by atoms with E-state index in [2.05, 4.69) is 32.4 Å². The molecule has 3 rings (SSSR count). The second-order valence-corrected chi connectivity index (χ2v) is 6.43. The van der Waals surface area contributed by atoms with Gasteiger partial charge in [-0.3, -0.25) is 0 Å². The molecule has 0 spiro atoms. The molecule has 1 fully saturated rings. The van der Waals surface area contributed by atoms with Gasteiger partial charge in [-0.25, -0.2) is 0 Å². The summed E-state index contributed by atoms with van der Waals surface area (Å²) in [6.07, 6.45) is 5.22. The lowest BCUT2D eigenvalue weighted by Crippen LogP contribution is -2.38. The summed E-state index contributed by atoms with van der Waals surface area (Å²) in [6, 6.07) is 6.04. The SMILES string of the molecule is COc1cc(N2CCCC[C@H]2C)nc(NC(=S)NCc2ccco2)n1. The van der Waals surface area contributed by atoms with Crippen LogP contribution >= 0.6 is 12.2 Å². The van der Waals surface area contributed by atoms with E-state index in [-0.39, 0.29) is 0 Å². The number of piperidine rings is 1. The standard InChI is InChI=1S/C17H23N5O2S/c1-12-6-3-4-8-22(12)14-10-15(23-2)20-16(19-14)21-17(25)18-11-13-7-5-9-24-13/h5,7,9-10,12H,3-4,6,8,11H2,1-2H3,(H2,18,19,20,21,25)/t12-/m1/s1. The van der Waals surface area contributed by atoms with Crippen LogP contribution in [0.15, 0.2) is 28.9 Å². The Bertz CT molecular complexity index is 707.